The average molecular weight is 150 g/mol. The Morgan fingerprint density at radius 1 is 1.45 bits per heavy atom. The molecule has 11 heavy (non-hydrogen) atoms. The van der Waals surface area contributed by atoms with Gasteiger partial charge in [-0.15, -0.1) is 0 Å². The third-order valence-electron chi connectivity index (χ3n) is 2.45. The summed E-state index contributed by atoms with van der Waals surface area (Å²) in [6.45, 7) is 5.53. The zero-order chi connectivity index (χ0) is 7.90. The minimum atomic E-state index is 0.160. The summed E-state index contributed by atoms with van der Waals surface area (Å²) in [7, 11) is 0. The van der Waals surface area contributed by atoms with E-state index >= 15 is 0 Å². The molecule has 60 valence electrons. The van der Waals surface area contributed by atoms with Gasteiger partial charge in [-0.2, -0.15) is 0 Å². The molecule has 0 amide bonds. The molecular formula is C9H14N2. The molecule has 0 radical (unpaired) electrons. The van der Waals surface area contributed by atoms with Crippen LogP contribution in [0.3, 0.4) is 0 Å². The molecule has 2 heteroatoms. The third-order valence-corrected chi connectivity index (χ3v) is 2.45. The van der Waals surface area contributed by atoms with Crippen LogP contribution in [0.2, 0.25) is 0 Å². The maximum atomic E-state index is 3.48. The molecule has 2 heterocycles. The van der Waals surface area contributed by atoms with Gasteiger partial charge in [-0.1, -0.05) is 0 Å². The summed E-state index contributed by atoms with van der Waals surface area (Å²) >= 11 is 0. The first-order valence-corrected chi connectivity index (χ1v) is 4.12. The lowest BCUT2D eigenvalue weighted by molar-refractivity contribution is 0.381. The first kappa shape index (κ1) is 6.92. The Bertz CT molecular complexity index is 260. The Labute approximate surface area is 67.0 Å². The van der Waals surface area contributed by atoms with Crippen LogP contribution in [0.5, 0.6) is 0 Å². The number of rotatable bonds is 0. The van der Waals surface area contributed by atoms with E-state index in [9.17, 15) is 0 Å². The van der Waals surface area contributed by atoms with Crippen molar-refractivity contribution in [3.8, 4) is 0 Å². The summed E-state index contributed by atoms with van der Waals surface area (Å²) in [6, 6.07) is 2.17. The van der Waals surface area contributed by atoms with E-state index in [-0.39, 0.29) is 5.54 Å². The van der Waals surface area contributed by atoms with E-state index in [0.29, 0.717) is 0 Å². The van der Waals surface area contributed by atoms with E-state index in [1.807, 2.05) is 6.20 Å². The maximum Gasteiger partial charge on any atom is 0.0395 e. The fraction of sp³-hybridized carbons (Fsp3) is 0.556. The predicted molar refractivity (Wildman–Crippen MR) is 45.5 cm³/mol. The van der Waals surface area contributed by atoms with E-state index < -0.39 is 0 Å². The topological polar surface area (TPSA) is 27.8 Å². The van der Waals surface area contributed by atoms with E-state index in [2.05, 4.69) is 30.2 Å². The number of hydrogen-bond acceptors (Lipinski definition) is 1. The highest BCUT2D eigenvalue weighted by molar-refractivity contribution is 5.30. The van der Waals surface area contributed by atoms with Crippen LogP contribution < -0.4 is 5.32 Å². The van der Waals surface area contributed by atoms with E-state index in [0.717, 1.165) is 13.0 Å². The molecule has 1 aliphatic rings. The monoisotopic (exact) mass is 150 g/mol. The molecule has 0 fully saturated rings. The summed E-state index contributed by atoms with van der Waals surface area (Å²) in [4.78, 5) is 3.27. The van der Waals surface area contributed by atoms with Gasteiger partial charge in [0.2, 0.25) is 0 Å². The van der Waals surface area contributed by atoms with Gasteiger partial charge in [0.1, 0.15) is 0 Å². The molecule has 0 saturated heterocycles. The molecule has 0 aromatic carbocycles. The second-order valence-corrected chi connectivity index (χ2v) is 3.67. The van der Waals surface area contributed by atoms with Gasteiger partial charge in [0, 0.05) is 30.4 Å². The molecule has 0 atom stereocenters. The van der Waals surface area contributed by atoms with Crippen molar-refractivity contribution < 1.29 is 0 Å². The third kappa shape index (κ3) is 0.979. The predicted octanol–water partition coefficient (Wildman–Crippen LogP) is 1.40. The van der Waals surface area contributed by atoms with Crippen molar-refractivity contribution in [2.24, 2.45) is 0 Å². The van der Waals surface area contributed by atoms with E-state index in [1.165, 1.54) is 11.3 Å². The van der Waals surface area contributed by atoms with Crippen LogP contribution in [0.25, 0.3) is 0 Å². The number of hydrogen-bond donors (Lipinski definition) is 2. The molecule has 1 aromatic rings. The first-order chi connectivity index (χ1) is 5.20. The largest absolute Gasteiger partial charge is 0.365 e. The van der Waals surface area contributed by atoms with Gasteiger partial charge in [0.05, 0.1) is 0 Å². The van der Waals surface area contributed by atoms with Crippen LogP contribution in [0.15, 0.2) is 12.3 Å². The molecule has 0 aliphatic carbocycles. The molecule has 0 spiro atoms. The van der Waals surface area contributed by atoms with Gasteiger partial charge in [-0.25, -0.2) is 0 Å². The number of H-pyrrole nitrogens is 1. The molecule has 2 nitrogen and oxygen atoms in total. The lowest BCUT2D eigenvalue weighted by Crippen LogP contribution is -2.41. The first-order valence-electron chi connectivity index (χ1n) is 4.12. The summed E-state index contributed by atoms with van der Waals surface area (Å²) in [6.07, 6.45) is 3.16. The number of nitrogens with one attached hydrogen (secondary N) is 2. The fourth-order valence-corrected chi connectivity index (χ4v) is 1.79. The van der Waals surface area contributed by atoms with Crippen molar-refractivity contribution in [2.75, 3.05) is 6.54 Å². The van der Waals surface area contributed by atoms with E-state index in [4.69, 9.17) is 0 Å². The SMILES string of the molecule is CC1(C)NCCc2[nH]ccc21. The van der Waals surface area contributed by atoms with Gasteiger partial charge in [-0.3, -0.25) is 0 Å². The number of fused-ring (bicyclic) bond motifs is 1. The van der Waals surface area contributed by atoms with Crippen LogP contribution in [-0.2, 0) is 12.0 Å². The number of aromatic nitrogens is 1. The Balaban J connectivity index is 2.48. The summed E-state index contributed by atoms with van der Waals surface area (Å²) in [5.74, 6) is 0. The van der Waals surface area contributed by atoms with Gasteiger partial charge >= 0.3 is 0 Å². The highest BCUT2D eigenvalue weighted by Gasteiger charge is 2.26. The second kappa shape index (κ2) is 2.11. The summed E-state index contributed by atoms with van der Waals surface area (Å²) < 4.78 is 0. The van der Waals surface area contributed by atoms with E-state index in [1.54, 1.807) is 0 Å². The standard InChI is InChI=1S/C9H14N2/c1-9(2)7-3-5-10-8(7)4-6-11-9/h3,5,10-11H,4,6H2,1-2H3. The van der Waals surface area contributed by atoms with Crippen molar-refractivity contribution in [1.29, 1.82) is 0 Å². The second-order valence-electron chi connectivity index (χ2n) is 3.67. The number of aromatic amines is 1. The van der Waals surface area contributed by atoms with Crippen LogP contribution in [0.4, 0.5) is 0 Å². The lowest BCUT2D eigenvalue weighted by Gasteiger charge is -2.31. The normalized spacial score (nSPS) is 21.3. The Hall–Kier alpha value is -0.760. The van der Waals surface area contributed by atoms with Gasteiger partial charge in [0.25, 0.3) is 0 Å². The molecule has 2 N–H and O–H groups in total. The fourth-order valence-electron chi connectivity index (χ4n) is 1.79. The highest BCUT2D eigenvalue weighted by atomic mass is 15.0. The molecule has 0 saturated carbocycles. The Morgan fingerprint density at radius 3 is 3.00 bits per heavy atom. The van der Waals surface area contributed by atoms with Crippen molar-refractivity contribution in [1.82, 2.24) is 10.3 Å². The van der Waals surface area contributed by atoms with Crippen molar-refractivity contribution in [2.45, 2.75) is 25.8 Å². The van der Waals surface area contributed by atoms with Crippen molar-refractivity contribution in [3.05, 3.63) is 23.5 Å². The van der Waals surface area contributed by atoms with Crippen LogP contribution >= 0.6 is 0 Å². The molecule has 1 aromatic heterocycles. The minimum Gasteiger partial charge on any atom is -0.365 e. The van der Waals surface area contributed by atoms with Gasteiger partial charge in [-0.05, 0) is 25.5 Å². The molecule has 0 unspecified atom stereocenters. The molecule has 2 rings (SSSR count). The average Bonchev–Trinajstić information content (AvgIpc) is 2.34. The molecule has 0 bridgehead atoms. The van der Waals surface area contributed by atoms with Crippen molar-refractivity contribution in [3.63, 3.8) is 0 Å². The summed E-state index contributed by atoms with van der Waals surface area (Å²) in [5.41, 5.74) is 2.98. The minimum absolute atomic E-state index is 0.160. The zero-order valence-corrected chi connectivity index (χ0v) is 7.07. The molecule has 1 aliphatic heterocycles. The van der Waals surface area contributed by atoms with Crippen LogP contribution in [0, 0.1) is 0 Å². The highest BCUT2D eigenvalue weighted by Crippen LogP contribution is 2.26. The maximum absolute atomic E-state index is 3.48. The Morgan fingerprint density at radius 2 is 2.27 bits per heavy atom. The van der Waals surface area contributed by atoms with Crippen LogP contribution in [-0.4, -0.2) is 11.5 Å². The quantitative estimate of drug-likeness (QED) is 0.574. The smallest absolute Gasteiger partial charge is 0.0395 e. The Kier molecular flexibility index (Phi) is 1.33. The van der Waals surface area contributed by atoms with Crippen LogP contribution in [0.1, 0.15) is 25.1 Å². The van der Waals surface area contributed by atoms with Crippen molar-refractivity contribution >= 4 is 0 Å². The lowest BCUT2D eigenvalue weighted by atomic mass is 9.90. The molecular weight excluding hydrogens is 136 g/mol. The zero-order valence-electron chi connectivity index (χ0n) is 7.07. The summed E-state index contributed by atoms with van der Waals surface area (Å²) in [5, 5.41) is 3.48. The van der Waals surface area contributed by atoms with Gasteiger partial charge in [0.15, 0.2) is 0 Å². The van der Waals surface area contributed by atoms with Gasteiger partial charge < -0.3 is 10.3 Å².